The Hall–Kier alpha value is -1.37. The topological polar surface area (TPSA) is 169 Å². The third kappa shape index (κ3) is 5.42. The molecule has 1 heterocycles. The van der Waals surface area contributed by atoms with Gasteiger partial charge in [-0.1, -0.05) is 21.6 Å². The molecule has 0 aliphatic carbocycles. The molecule has 2 atom stereocenters. The molecular weight excluding hydrogens is 288 g/mol. The van der Waals surface area contributed by atoms with E-state index in [-0.39, 0.29) is 12.1 Å². The second kappa shape index (κ2) is 8.68. The lowest BCUT2D eigenvalue weighted by Gasteiger charge is -2.12. The Morgan fingerprint density at radius 3 is 2.74 bits per heavy atom. The lowest BCUT2D eigenvalue weighted by molar-refractivity contribution is 0.754. The highest BCUT2D eigenvalue weighted by Gasteiger charge is 2.13. The Kier molecular flexibility index (Phi) is 7.17. The van der Waals surface area contributed by atoms with E-state index in [0.29, 0.717) is 23.2 Å². The number of nitrogens with two attached hydrogens (primary N) is 3. The molecule has 106 valence electrons. The van der Waals surface area contributed by atoms with Gasteiger partial charge in [-0.25, -0.2) is 5.10 Å². The second-order valence-electron chi connectivity index (χ2n) is 3.35. The van der Waals surface area contributed by atoms with E-state index in [4.69, 9.17) is 17.3 Å². The number of H-pyrrole nitrogens is 1. The van der Waals surface area contributed by atoms with Crippen LogP contribution in [0.3, 0.4) is 0 Å². The summed E-state index contributed by atoms with van der Waals surface area (Å²) in [5.74, 6) is 7.36. The number of nitrogens with zero attached hydrogens (tertiary/aromatic N) is 5. The van der Waals surface area contributed by atoms with Crippen LogP contribution >= 0.6 is 21.6 Å². The fourth-order valence-corrected chi connectivity index (χ4v) is 3.27. The van der Waals surface area contributed by atoms with Gasteiger partial charge in [-0.05, 0) is 10.4 Å². The highest BCUT2D eigenvalue weighted by molar-refractivity contribution is 8.76. The zero-order chi connectivity index (χ0) is 14.1. The molecule has 0 spiro atoms. The van der Waals surface area contributed by atoms with Crippen molar-refractivity contribution in [3.05, 3.63) is 5.82 Å². The monoisotopic (exact) mass is 304 g/mol. The zero-order valence-electron chi connectivity index (χ0n) is 10.1. The first-order valence-electron chi connectivity index (χ1n) is 5.17. The van der Waals surface area contributed by atoms with Crippen LogP contribution in [-0.2, 0) is 0 Å². The minimum Gasteiger partial charge on any atom is -0.321 e. The lowest BCUT2D eigenvalue weighted by Crippen LogP contribution is -2.40. The van der Waals surface area contributed by atoms with E-state index in [2.05, 4.69) is 43.0 Å². The fraction of sp³-hybridized carbons (Fsp3) is 0.571. The summed E-state index contributed by atoms with van der Waals surface area (Å²) in [5, 5.41) is 20.3. The first kappa shape index (κ1) is 15.7. The quantitative estimate of drug-likeness (QED) is 0.0946. The van der Waals surface area contributed by atoms with Crippen molar-refractivity contribution < 1.29 is 0 Å². The van der Waals surface area contributed by atoms with Crippen LogP contribution in [0.15, 0.2) is 10.2 Å². The van der Waals surface area contributed by atoms with Crippen LogP contribution in [0.4, 0.5) is 0 Å². The highest BCUT2D eigenvalue weighted by Crippen LogP contribution is 2.25. The maximum Gasteiger partial charge on any atom is 0.166 e. The van der Waals surface area contributed by atoms with Gasteiger partial charge in [-0.15, -0.1) is 5.10 Å². The van der Waals surface area contributed by atoms with Gasteiger partial charge in [0.25, 0.3) is 0 Å². The Labute approximate surface area is 117 Å². The maximum atomic E-state index is 5.87. The molecular formula is C7H16N10S2. The molecule has 0 saturated heterocycles. The third-order valence-corrected chi connectivity index (χ3v) is 4.45. The Bertz CT molecular complexity index is 393. The van der Waals surface area contributed by atoms with Crippen molar-refractivity contribution >= 4 is 34.1 Å². The molecule has 0 fully saturated rings. The number of aromatic amines is 1. The van der Waals surface area contributed by atoms with Crippen molar-refractivity contribution in [1.29, 1.82) is 0 Å². The third-order valence-electron chi connectivity index (χ3n) is 1.98. The van der Waals surface area contributed by atoms with Gasteiger partial charge in [-0.3, -0.25) is 5.43 Å². The van der Waals surface area contributed by atoms with Crippen LogP contribution in [0.2, 0.25) is 0 Å². The van der Waals surface area contributed by atoms with Crippen molar-refractivity contribution in [1.82, 2.24) is 26.0 Å². The molecule has 8 N–H and O–H groups in total. The smallest absolute Gasteiger partial charge is 0.166 e. The summed E-state index contributed by atoms with van der Waals surface area (Å²) in [6.07, 6.45) is 0. The number of aromatic nitrogens is 4. The molecule has 1 aromatic heterocycles. The first-order valence-corrected chi connectivity index (χ1v) is 7.66. The number of nitrogens with one attached hydrogen (secondary N) is 2. The van der Waals surface area contributed by atoms with Crippen LogP contribution in [0.1, 0.15) is 11.9 Å². The van der Waals surface area contributed by atoms with Gasteiger partial charge in [0.05, 0.1) is 12.1 Å². The molecule has 0 amide bonds. The summed E-state index contributed by atoms with van der Waals surface area (Å²) >= 11 is 0. The Morgan fingerprint density at radius 1 is 1.42 bits per heavy atom. The van der Waals surface area contributed by atoms with E-state index in [0.717, 1.165) is 0 Å². The fourth-order valence-electron chi connectivity index (χ4n) is 1.01. The van der Waals surface area contributed by atoms with Gasteiger partial charge >= 0.3 is 0 Å². The summed E-state index contributed by atoms with van der Waals surface area (Å²) in [4.78, 5) is 0. The number of hydrazone groups is 2. The highest BCUT2D eigenvalue weighted by atomic mass is 33.1. The van der Waals surface area contributed by atoms with Gasteiger partial charge in [0.15, 0.2) is 11.7 Å². The normalized spacial score (nSPS) is 14.9. The average molecular weight is 304 g/mol. The lowest BCUT2D eigenvalue weighted by atomic mass is 10.3. The molecule has 0 saturated carbocycles. The Morgan fingerprint density at radius 2 is 2.16 bits per heavy atom. The first-order chi connectivity index (χ1) is 9.19. The van der Waals surface area contributed by atoms with E-state index < -0.39 is 0 Å². The maximum absolute atomic E-state index is 5.87. The predicted octanol–water partition coefficient (Wildman–Crippen LogP) is -1.61. The number of amidine groups is 1. The van der Waals surface area contributed by atoms with Crippen molar-refractivity contribution in [3.63, 3.8) is 0 Å². The number of tetrazole rings is 1. The molecule has 0 aliphatic heterocycles. The standard InChI is InChI=1S/C7H16N10S2/c1-11-13-6(12-10)4(8)2-18-19-3-5(9)7-14-16-17-15-7/h4-5H,1-3,8-10H2,(H,12,13)(H,14,15,16,17)/t4-,5-/m0/s1. The molecule has 1 rings (SSSR count). The van der Waals surface area contributed by atoms with Crippen LogP contribution in [0, 0.1) is 0 Å². The van der Waals surface area contributed by atoms with E-state index in [1.54, 1.807) is 21.6 Å². The number of hydrogen-bond acceptors (Lipinski definition) is 10. The number of hydrogen-bond donors (Lipinski definition) is 5. The van der Waals surface area contributed by atoms with Crippen molar-refractivity contribution in [2.45, 2.75) is 12.1 Å². The minimum absolute atomic E-state index is 0.251. The van der Waals surface area contributed by atoms with Crippen molar-refractivity contribution in [3.8, 4) is 0 Å². The molecule has 10 nitrogen and oxygen atoms in total. The molecule has 0 radical (unpaired) electrons. The van der Waals surface area contributed by atoms with E-state index >= 15 is 0 Å². The van der Waals surface area contributed by atoms with Crippen molar-refractivity contribution in [2.75, 3.05) is 11.5 Å². The SMILES string of the molecule is C=NN/C(=N\N)[C@@H](N)CSSC[C@H](N)c1nnn[nH]1. The van der Waals surface area contributed by atoms with Gasteiger partial charge in [0, 0.05) is 18.2 Å². The second-order valence-corrected chi connectivity index (χ2v) is 5.91. The van der Waals surface area contributed by atoms with E-state index in [9.17, 15) is 0 Å². The minimum atomic E-state index is -0.351. The summed E-state index contributed by atoms with van der Waals surface area (Å²) in [7, 11) is 3.11. The zero-order valence-corrected chi connectivity index (χ0v) is 11.7. The summed E-state index contributed by atoms with van der Waals surface area (Å²) < 4.78 is 0. The van der Waals surface area contributed by atoms with E-state index in [1.807, 2.05) is 0 Å². The summed E-state index contributed by atoms with van der Waals surface area (Å²) in [5.41, 5.74) is 14.3. The Balaban J connectivity index is 2.21. The predicted molar refractivity (Wildman–Crippen MR) is 78.3 cm³/mol. The molecule has 0 unspecified atom stereocenters. The summed E-state index contributed by atoms with van der Waals surface area (Å²) in [6.45, 7) is 3.28. The van der Waals surface area contributed by atoms with Gasteiger partial charge in [-0.2, -0.15) is 10.2 Å². The summed E-state index contributed by atoms with van der Waals surface area (Å²) in [6, 6.07) is -0.601. The molecule has 0 bridgehead atoms. The van der Waals surface area contributed by atoms with Gasteiger partial charge < -0.3 is 17.3 Å². The van der Waals surface area contributed by atoms with Crippen molar-refractivity contribution in [2.24, 2.45) is 27.5 Å². The van der Waals surface area contributed by atoms with Gasteiger partial charge in [0.1, 0.15) is 0 Å². The average Bonchev–Trinajstić information content (AvgIpc) is 2.94. The largest absolute Gasteiger partial charge is 0.321 e. The molecule has 0 aromatic carbocycles. The van der Waals surface area contributed by atoms with E-state index in [1.165, 1.54) is 0 Å². The van der Waals surface area contributed by atoms with Gasteiger partial charge in [0.2, 0.25) is 0 Å². The van der Waals surface area contributed by atoms with Crippen LogP contribution < -0.4 is 22.7 Å². The molecule has 1 aromatic rings. The number of rotatable bonds is 8. The molecule has 0 aliphatic rings. The molecule has 12 heteroatoms. The van der Waals surface area contributed by atoms with Crippen LogP contribution in [0.5, 0.6) is 0 Å². The molecule has 19 heavy (non-hydrogen) atoms. The van der Waals surface area contributed by atoms with Crippen LogP contribution in [-0.4, -0.2) is 50.7 Å². The van der Waals surface area contributed by atoms with Crippen LogP contribution in [0.25, 0.3) is 0 Å².